The van der Waals surface area contributed by atoms with E-state index in [4.69, 9.17) is 10.2 Å². The monoisotopic (exact) mass is 399 g/mol. The highest BCUT2D eigenvalue weighted by molar-refractivity contribution is 7.89. The number of primary amides is 1. The Kier molecular flexibility index (Phi) is 5.57. The van der Waals surface area contributed by atoms with Crippen molar-refractivity contribution < 1.29 is 22.4 Å². The molecular formula is C19H17N3O5S. The van der Waals surface area contributed by atoms with Gasteiger partial charge in [-0.1, -0.05) is 6.07 Å². The zero-order valence-corrected chi connectivity index (χ0v) is 15.4. The maximum Gasteiger partial charge on any atom is 0.255 e. The van der Waals surface area contributed by atoms with Crippen molar-refractivity contribution in [3.63, 3.8) is 0 Å². The molecule has 3 rings (SSSR count). The lowest BCUT2D eigenvalue weighted by Gasteiger charge is -2.08. The van der Waals surface area contributed by atoms with Crippen LogP contribution in [0.5, 0.6) is 0 Å². The van der Waals surface area contributed by atoms with Crippen LogP contribution < -0.4 is 15.8 Å². The van der Waals surface area contributed by atoms with Gasteiger partial charge < -0.3 is 15.5 Å². The van der Waals surface area contributed by atoms with E-state index in [0.29, 0.717) is 11.4 Å². The van der Waals surface area contributed by atoms with Gasteiger partial charge in [0.1, 0.15) is 5.76 Å². The van der Waals surface area contributed by atoms with Crippen LogP contribution in [0.25, 0.3) is 0 Å². The van der Waals surface area contributed by atoms with Gasteiger partial charge in [-0.2, -0.15) is 0 Å². The highest BCUT2D eigenvalue weighted by Crippen LogP contribution is 2.15. The van der Waals surface area contributed by atoms with Crippen molar-refractivity contribution in [2.24, 2.45) is 5.73 Å². The number of hydrogen-bond donors (Lipinski definition) is 3. The Bertz CT molecular complexity index is 1090. The topological polar surface area (TPSA) is 132 Å². The molecule has 0 atom stereocenters. The highest BCUT2D eigenvalue weighted by atomic mass is 32.2. The van der Waals surface area contributed by atoms with Crippen molar-refractivity contribution in [3.05, 3.63) is 83.8 Å². The summed E-state index contributed by atoms with van der Waals surface area (Å²) in [7, 11) is -3.75. The number of amides is 2. The van der Waals surface area contributed by atoms with Crippen molar-refractivity contribution in [1.82, 2.24) is 4.72 Å². The summed E-state index contributed by atoms with van der Waals surface area (Å²) < 4.78 is 32.1. The van der Waals surface area contributed by atoms with Gasteiger partial charge in [-0.25, -0.2) is 13.1 Å². The third-order valence-corrected chi connectivity index (χ3v) is 5.27. The molecule has 2 amide bonds. The van der Waals surface area contributed by atoms with Crippen LogP contribution in [0.1, 0.15) is 26.5 Å². The molecule has 2 aromatic carbocycles. The minimum absolute atomic E-state index is 0.0198. The molecule has 0 fully saturated rings. The van der Waals surface area contributed by atoms with Crippen LogP contribution in [0.4, 0.5) is 5.69 Å². The SMILES string of the molecule is NC(=O)c1cccc(NC(=O)c2ccc(S(=O)(=O)NCc3ccco3)cc2)c1. The van der Waals surface area contributed by atoms with Crippen LogP contribution in [-0.2, 0) is 16.6 Å². The maximum atomic E-state index is 12.3. The number of rotatable bonds is 7. The Balaban J connectivity index is 1.68. The highest BCUT2D eigenvalue weighted by Gasteiger charge is 2.15. The first-order valence-corrected chi connectivity index (χ1v) is 9.67. The number of nitrogens with two attached hydrogens (primary N) is 1. The van der Waals surface area contributed by atoms with Gasteiger partial charge in [-0.15, -0.1) is 0 Å². The molecule has 0 unspecified atom stereocenters. The molecule has 1 heterocycles. The number of carbonyl (C=O) groups is 2. The molecule has 0 bridgehead atoms. The van der Waals surface area contributed by atoms with Crippen LogP contribution >= 0.6 is 0 Å². The van der Waals surface area contributed by atoms with Gasteiger partial charge in [0.25, 0.3) is 5.91 Å². The molecule has 144 valence electrons. The second-order valence-corrected chi connectivity index (χ2v) is 7.59. The second-order valence-electron chi connectivity index (χ2n) is 5.83. The van der Waals surface area contributed by atoms with Crippen LogP contribution in [0.15, 0.2) is 76.2 Å². The molecule has 0 aliphatic carbocycles. The van der Waals surface area contributed by atoms with E-state index >= 15 is 0 Å². The summed E-state index contributed by atoms with van der Waals surface area (Å²) in [6.45, 7) is 0.0216. The van der Waals surface area contributed by atoms with Gasteiger partial charge >= 0.3 is 0 Å². The third kappa shape index (κ3) is 4.64. The number of hydrogen-bond acceptors (Lipinski definition) is 5. The molecule has 0 radical (unpaired) electrons. The Hall–Kier alpha value is -3.43. The lowest BCUT2D eigenvalue weighted by atomic mass is 10.1. The number of sulfonamides is 1. The quantitative estimate of drug-likeness (QED) is 0.560. The number of furan rings is 1. The van der Waals surface area contributed by atoms with Crippen molar-refractivity contribution in [2.45, 2.75) is 11.4 Å². The molecule has 1 aromatic heterocycles. The van der Waals surface area contributed by atoms with E-state index in [9.17, 15) is 18.0 Å². The van der Waals surface area contributed by atoms with Crippen molar-refractivity contribution >= 4 is 27.5 Å². The first kappa shape index (κ1) is 19.3. The summed E-state index contributed by atoms with van der Waals surface area (Å²) in [4.78, 5) is 23.6. The first-order valence-electron chi connectivity index (χ1n) is 8.18. The Morgan fingerprint density at radius 3 is 2.36 bits per heavy atom. The average molecular weight is 399 g/mol. The maximum absolute atomic E-state index is 12.3. The van der Waals surface area contributed by atoms with Gasteiger partial charge in [0.05, 0.1) is 17.7 Å². The van der Waals surface area contributed by atoms with E-state index in [-0.39, 0.29) is 22.6 Å². The Labute approximate surface area is 161 Å². The molecule has 8 nitrogen and oxygen atoms in total. The van der Waals surface area contributed by atoms with Crippen LogP contribution in [0, 0.1) is 0 Å². The van der Waals surface area contributed by atoms with E-state index in [0.717, 1.165) is 0 Å². The van der Waals surface area contributed by atoms with Crippen LogP contribution in [0.2, 0.25) is 0 Å². The van der Waals surface area contributed by atoms with E-state index in [2.05, 4.69) is 10.0 Å². The van der Waals surface area contributed by atoms with E-state index < -0.39 is 21.8 Å². The zero-order chi connectivity index (χ0) is 20.1. The summed E-state index contributed by atoms with van der Waals surface area (Å²) >= 11 is 0. The minimum Gasteiger partial charge on any atom is -0.468 e. The lowest BCUT2D eigenvalue weighted by molar-refractivity contribution is 0.0996. The second kappa shape index (κ2) is 8.07. The molecule has 0 saturated carbocycles. The molecular weight excluding hydrogens is 382 g/mol. The van der Waals surface area contributed by atoms with Crippen LogP contribution in [-0.4, -0.2) is 20.2 Å². The molecule has 28 heavy (non-hydrogen) atoms. The fraction of sp³-hybridized carbons (Fsp3) is 0.0526. The normalized spacial score (nSPS) is 11.1. The molecule has 0 saturated heterocycles. The summed E-state index contributed by atoms with van der Waals surface area (Å²) in [6.07, 6.45) is 1.45. The Morgan fingerprint density at radius 2 is 1.71 bits per heavy atom. The standard InChI is InChI=1S/C19H17N3O5S/c20-18(23)14-3-1-4-15(11-14)22-19(24)13-6-8-17(9-7-13)28(25,26)21-12-16-5-2-10-27-16/h1-11,21H,12H2,(H2,20,23)(H,22,24). The fourth-order valence-electron chi connectivity index (χ4n) is 2.40. The van der Waals surface area contributed by atoms with Gasteiger partial charge in [0.2, 0.25) is 15.9 Å². The van der Waals surface area contributed by atoms with Gasteiger partial charge in [0.15, 0.2) is 0 Å². The van der Waals surface area contributed by atoms with Gasteiger partial charge in [0, 0.05) is 16.8 Å². The van der Waals surface area contributed by atoms with E-state index in [1.165, 1.54) is 42.7 Å². The van der Waals surface area contributed by atoms with E-state index in [1.807, 2.05) is 0 Å². The number of anilines is 1. The first-order chi connectivity index (χ1) is 13.3. The number of carbonyl (C=O) groups excluding carboxylic acids is 2. The van der Waals surface area contributed by atoms with Crippen molar-refractivity contribution in [3.8, 4) is 0 Å². The largest absolute Gasteiger partial charge is 0.468 e. The van der Waals surface area contributed by atoms with Gasteiger partial charge in [-0.05, 0) is 54.6 Å². The lowest BCUT2D eigenvalue weighted by Crippen LogP contribution is -2.23. The van der Waals surface area contributed by atoms with Crippen molar-refractivity contribution in [2.75, 3.05) is 5.32 Å². The molecule has 0 aliphatic heterocycles. The van der Waals surface area contributed by atoms with Crippen LogP contribution in [0.3, 0.4) is 0 Å². The minimum atomic E-state index is -3.75. The zero-order valence-electron chi connectivity index (χ0n) is 14.6. The molecule has 3 aromatic rings. The summed E-state index contributed by atoms with van der Waals surface area (Å²) in [5.74, 6) is -0.570. The predicted octanol–water partition coefficient (Wildman–Crippen LogP) is 2.11. The molecule has 4 N–H and O–H groups in total. The molecule has 0 aliphatic rings. The molecule has 9 heteroatoms. The Morgan fingerprint density at radius 1 is 0.964 bits per heavy atom. The van der Waals surface area contributed by atoms with Gasteiger partial charge in [-0.3, -0.25) is 9.59 Å². The predicted molar refractivity (Wildman–Crippen MR) is 102 cm³/mol. The summed E-state index contributed by atoms with van der Waals surface area (Å²) in [5, 5.41) is 2.63. The third-order valence-electron chi connectivity index (χ3n) is 3.85. The summed E-state index contributed by atoms with van der Waals surface area (Å²) in [5.41, 5.74) is 6.14. The van der Waals surface area contributed by atoms with E-state index in [1.54, 1.807) is 24.3 Å². The fourth-order valence-corrected chi connectivity index (χ4v) is 3.39. The average Bonchev–Trinajstić information content (AvgIpc) is 3.20. The molecule has 0 spiro atoms. The summed E-state index contributed by atoms with van der Waals surface area (Å²) in [6, 6.07) is 15.0. The number of nitrogens with one attached hydrogen (secondary N) is 2. The van der Waals surface area contributed by atoms with Crippen molar-refractivity contribution in [1.29, 1.82) is 0 Å². The smallest absolute Gasteiger partial charge is 0.255 e. The number of benzene rings is 2.